The van der Waals surface area contributed by atoms with Gasteiger partial charge in [-0.3, -0.25) is 4.68 Å². The summed E-state index contributed by atoms with van der Waals surface area (Å²) in [5, 5.41) is 22.4. The van der Waals surface area contributed by atoms with Crippen LogP contribution in [0.1, 0.15) is 12.0 Å². The number of nitriles is 1. The minimum Gasteiger partial charge on any atom is -0.497 e. The van der Waals surface area contributed by atoms with E-state index >= 15 is 0 Å². The summed E-state index contributed by atoms with van der Waals surface area (Å²) in [4.78, 5) is 0. The van der Waals surface area contributed by atoms with Crippen LogP contribution in [0, 0.1) is 11.3 Å². The Hall–Kier alpha value is -2.32. The molecule has 1 aromatic carbocycles. The number of hydrogen-bond acceptors (Lipinski definition) is 4. The smallest absolute Gasteiger partial charge is 0.118 e. The van der Waals surface area contributed by atoms with Gasteiger partial charge in [0, 0.05) is 17.3 Å². The van der Waals surface area contributed by atoms with Crippen LogP contribution in [0.5, 0.6) is 5.75 Å². The summed E-state index contributed by atoms with van der Waals surface area (Å²) in [5.41, 5.74) is 2.41. The van der Waals surface area contributed by atoms with Crippen LogP contribution in [-0.2, 0) is 13.2 Å². The molecule has 19 heavy (non-hydrogen) atoms. The lowest BCUT2D eigenvalue weighted by Crippen LogP contribution is -1.97. The SMILES string of the molecule is COc1ccc(-c2nn(CCC#N)cc2CO)cc1. The van der Waals surface area contributed by atoms with Gasteiger partial charge in [-0.15, -0.1) is 0 Å². The monoisotopic (exact) mass is 257 g/mol. The predicted molar refractivity (Wildman–Crippen MR) is 70.4 cm³/mol. The van der Waals surface area contributed by atoms with Crippen molar-refractivity contribution in [3.05, 3.63) is 36.0 Å². The van der Waals surface area contributed by atoms with Crippen molar-refractivity contribution in [3.8, 4) is 23.1 Å². The molecule has 0 atom stereocenters. The normalized spacial score (nSPS) is 10.2. The fraction of sp³-hybridized carbons (Fsp3) is 0.286. The third kappa shape index (κ3) is 2.92. The number of ether oxygens (including phenoxy) is 1. The average Bonchev–Trinajstić information content (AvgIpc) is 2.88. The zero-order chi connectivity index (χ0) is 13.7. The molecule has 0 bridgehead atoms. The van der Waals surface area contributed by atoms with Crippen molar-refractivity contribution < 1.29 is 9.84 Å². The third-order valence-corrected chi connectivity index (χ3v) is 2.82. The van der Waals surface area contributed by atoms with E-state index in [1.807, 2.05) is 24.3 Å². The van der Waals surface area contributed by atoms with Gasteiger partial charge in [-0.1, -0.05) is 0 Å². The molecule has 0 saturated carbocycles. The van der Waals surface area contributed by atoms with Crippen LogP contribution in [0.4, 0.5) is 0 Å². The van der Waals surface area contributed by atoms with E-state index in [1.54, 1.807) is 18.0 Å². The van der Waals surface area contributed by atoms with Crippen molar-refractivity contribution in [1.82, 2.24) is 9.78 Å². The minimum absolute atomic E-state index is 0.0755. The number of nitrogens with zero attached hydrogens (tertiary/aromatic N) is 3. The first-order chi connectivity index (χ1) is 9.28. The van der Waals surface area contributed by atoms with E-state index in [9.17, 15) is 5.11 Å². The first-order valence-electron chi connectivity index (χ1n) is 5.97. The molecule has 2 aromatic rings. The molecule has 1 N–H and O–H groups in total. The maximum atomic E-state index is 9.38. The van der Waals surface area contributed by atoms with Crippen molar-refractivity contribution in [2.45, 2.75) is 19.6 Å². The number of aliphatic hydroxyl groups is 1. The van der Waals surface area contributed by atoms with Crippen molar-refractivity contribution in [2.75, 3.05) is 7.11 Å². The number of methoxy groups -OCH3 is 1. The number of hydrogen-bond donors (Lipinski definition) is 1. The molecule has 5 heteroatoms. The molecule has 2 rings (SSSR count). The van der Waals surface area contributed by atoms with Gasteiger partial charge < -0.3 is 9.84 Å². The first kappa shape index (κ1) is 13.1. The molecule has 0 saturated heterocycles. The van der Waals surface area contributed by atoms with Gasteiger partial charge in [-0.2, -0.15) is 10.4 Å². The molecule has 0 radical (unpaired) electrons. The van der Waals surface area contributed by atoms with Crippen molar-refractivity contribution in [1.29, 1.82) is 5.26 Å². The molecule has 0 fully saturated rings. The summed E-state index contributed by atoms with van der Waals surface area (Å²) >= 11 is 0. The standard InChI is InChI=1S/C14H15N3O2/c1-19-13-5-3-11(4-6-13)14-12(10-18)9-17(16-14)8-2-7-15/h3-6,9,18H,2,8,10H2,1H3. The van der Waals surface area contributed by atoms with Crippen LogP contribution in [0.15, 0.2) is 30.5 Å². The summed E-state index contributed by atoms with van der Waals surface area (Å²) in [5.74, 6) is 0.776. The quantitative estimate of drug-likeness (QED) is 0.888. The Morgan fingerprint density at radius 3 is 2.68 bits per heavy atom. The molecule has 0 aliphatic heterocycles. The number of aliphatic hydroxyl groups excluding tert-OH is 1. The predicted octanol–water partition coefficient (Wildman–Crippen LogP) is 1.96. The molecular formula is C14H15N3O2. The Bertz CT molecular complexity index is 582. The highest BCUT2D eigenvalue weighted by atomic mass is 16.5. The number of aryl methyl sites for hydroxylation is 1. The molecular weight excluding hydrogens is 242 g/mol. The van der Waals surface area contributed by atoms with E-state index in [-0.39, 0.29) is 6.61 Å². The summed E-state index contributed by atoms with van der Waals surface area (Å²) in [6.45, 7) is 0.452. The van der Waals surface area contributed by atoms with Gasteiger partial charge in [0.1, 0.15) is 5.75 Å². The Morgan fingerprint density at radius 2 is 2.11 bits per heavy atom. The zero-order valence-corrected chi connectivity index (χ0v) is 10.7. The van der Waals surface area contributed by atoms with E-state index in [4.69, 9.17) is 10.00 Å². The molecule has 98 valence electrons. The lowest BCUT2D eigenvalue weighted by Gasteiger charge is -2.02. The maximum Gasteiger partial charge on any atom is 0.118 e. The van der Waals surface area contributed by atoms with Gasteiger partial charge in [0.15, 0.2) is 0 Å². The van der Waals surface area contributed by atoms with Gasteiger partial charge in [-0.05, 0) is 24.3 Å². The lowest BCUT2D eigenvalue weighted by atomic mass is 10.1. The Kier molecular flexibility index (Phi) is 4.16. The van der Waals surface area contributed by atoms with Gasteiger partial charge in [0.25, 0.3) is 0 Å². The second-order valence-electron chi connectivity index (χ2n) is 4.06. The van der Waals surface area contributed by atoms with Crippen molar-refractivity contribution >= 4 is 0 Å². The van der Waals surface area contributed by atoms with E-state index in [0.717, 1.165) is 22.6 Å². The number of aromatic nitrogens is 2. The van der Waals surface area contributed by atoms with E-state index in [1.165, 1.54) is 0 Å². The van der Waals surface area contributed by atoms with Gasteiger partial charge in [-0.25, -0.2) is 0 Å². The van der Waals surface area contributed by atoms with Gasteiger partial charge >= 0.3 is 0 Å². The van der Waals surface area contributed by atoms with Gasteiger partial charge in [0.2, 0.25) is 0 Å². The Labute approximate surface area is 111 Å². The molecule has 5 nitrogen and oxygen atoms in total. The van der Waals surface area contributed by atoms with E-state index < -0.39 is 0 Å². The van der Waals surface area contributed by atoms with Crippen LogP contribution in [0.2, 0.25) is 0 Å². The molecule has 0 spiro atoms. The average molecular weight is 257 g/mol. The topological polar surface area (TPSA) is 71.1 Å². The van der Waals surface area contributed by atoms with Crippen molar-refractivity contribution in [3.63, 3.8) is 0 Å². The van der Waals surface area contributed by atoms with Crippen LogP contribution >= 0.6 is 0 Å². The second kappa shape index (κ2) is 6.03. The van der Waals surface area contributed by atoms with Crippen LogP contribution in [-0.4, -0.2) is 22.0 Å². The highest BCUT2D eigenvalue weighted by Gasteiger charge is 2.10. The van der Waals surface area contributed by atoms with Crippen LogP contribution < -0.4 is 4.74 Å². The number of benzene rings is 1. The summed E-state index contributed by atoms with van der Waals surface area (Å²) in [6.07, 6.45) is 2.17. The van der Waals surface area contributed by atoms with E-state index in [0.29, 0.717) is 13.0 Å². The fourth-order valence-electron chi connectivity index (χ4n) is 1.85. The summed E-state index contributed by atoms with van der Waals surface area (Å²) in [6, 6.07) is 9.58. The van der Waals surface area contributed by atoms with Crippen molar-refractivity contribution in [2.24, 2.45) is 0 Å². The molecule has 1 aromatic heterocycles. The molecule has 1 heterocycles. The highest BCUT2D eigenvalue weighted by Crippen LogP contribution is 2.24. The third-order valence-electron chi connectivity index (χ3n) is 2.82. The van der Waals surface area contributed by atoms with Crippen LogP contribution in [0.25, 0.3) is 11.3 Å². The zero-order valence-electron chi connectivity index (χ0n) is 10.7. The summed E-state index contributed by atoms with van der Waals surface area (Å²) in [7, 11) is 1.62. The molecule has 0 amide bonds. The number of rotatable bonds is 5. The molecule has 0 aliphatic carbocycles. The lowest BCUT2D eigenvalue weighted by molar-refractivity contribution is 0.282. The first-order valence-corrected chi connectivity index (χ1v) is 5.97. The minimum atomic E-state index is -0.0755. The van der Waals surface area contributed by atoms with E-state index in [2.05, 4.69) is 11.2 Å². The maximum absolute atomic E-state index is 9.38. The van der Waals surface area contributed by atoms with Gasteiger partial charge in [0.05, 0.1) is 38.4 Å². The summed E-state index contributed by atoms with van der Waals surface area (Å²) < 4.78 is 6.80. The second-order valence-corrected chi connectivity index (χ2v) is 4.06. The Morgan fingerprint density at radius 1 is 1.37 bits per heavy atom. The molecule has 0 aliphatic rings. The van der Waals surface area contributed by atoms with Crippen LogP contribution in [0.3, 0.4) is 0 Å². The Balaban J connectivity index is 2.31. The fourth-order valence-corrected chi connectivity index (χ4v) is 1.85. The molecule has 0 unspecified atom stereocenters. The largest absolute Gasteiger partial charge is 0.497 e. The highest BCUT2D eigenvalue weighted by molar-refractivity contribution is 5.63.